The summed E-state index contributed by atoms with van der Waals surface area (Å²) in [6.07, 6.45) is 0. The summed E-state index contributed by atoms with van der Waals surface area (Å²) in [4.78, 5) is 0. The molecule has 0 radical (unpaired) electrons. The van der Waals surface area contributed by atoms with E-state index in [1.807, 2.05) is 0 Å². The van der Waals surface area contributed by atoms with E-state index < -0.39 is 0 Å². The van der Waals surface area contributed by atoms with Crippen LogP contribution in [0.3, 0.4) is 0 Å². The van der Waals surface area contributed by atoms with E-state index in [1.54, 1.807) is 3.37 Å². The molecule has 0 aromatic heterocycles. The fraction of sp³-hybridized carbons (Fsp3) is 0.500. The summed E-state index contributed by atoms with van der Waals surface area (Å²) in [5.41, 5.74) is 0. The van der Waals surface area contributed by atoms with Crippen molar-refractivity contribution in [2.24, 2.45) is 0 Å². The van der Waals surface area contributed by atoms with Gasteiger partial charge in [0.25, 0.3) is 0 Å². The van der Waals surface area contributed by atoms with Gasteiger partial charge in [-0.1, -0.05) is 0 Å². The van der Waals surface area contributed by atoms with Gasteiger partial charge in [-0.25, -0.2) is 0 Å². The molecule has 1 aliphatic heterocycles. The second-order valence-corrected chi connectivity index (χ2v) is 7.37. The summed E-state index contributed by atoms with van der Waals surface area (Å²) in [5.74, 6) is 0. The molecule has 0 nitrogen and oxygen atoms in total. The number of rotatable bonds is 0. The molecule has 0 aromatic carbocycles. The molecule has 34 valence electrons. The van der Waals surface area contributed by atoms with Crippen LogP contribution in [0, 0.1) is 0 Å². The molecule has 0 amide bonds. The molecule has 6 heavy (non-hydrogen) atoms. The minimum atomic E-state index is 0.861. The Labute approximate surface area is 50.7 Å². The van der Waals surface area contributed by atoms with E-state index in [0.717, 1.165) is 29.9 Å². The van der Waals surface area contributed by atoms with E-state index in [9.17, 15) is 0 Å². The molecule has 0 saturated carbocycles. The van der Waals surface area contributed by atoms with E-state index in [1.165, 1.54) is 10.6 Å². The van der Waals surface area contributed by atoms with Crippen LogP contribution < -0.4 is 0 Å². The Morgan fingerprint density at radius 2 is 1.83 bits per heavy atom. The zero-order chi connectivity index (χ0) is 4.41. The van der Waals surface area contributed by atoms with Crippen LogP contribution >= 0.6 is 0 Å². The van der Waals surface area contributed by atoms with Crippen LogP contribution in [0.2, 0.25) is 10.6 Å². The van der Waals surface area contributed by atoms with Crippen LogP contribution in [0.25, 0.3) is 0 Å². The average Bonchev–Trinajstić information content (AvgIpc) is 1.86. The van der Waals surface area contributed by atoms with Crippen LogP contribution in [0.15, 0.2) is 9.95 Å². The molecular formula is C4H6Se2. The van der Waals surface area contributed by atoms with E-state index in [-0.39, 0.29) is 0 Å². The Kier molecular flexibility index (Phi) is 1.79. The van der Waals surface area contributed by atoms with Gasteiger partial charge in [0.1, 0.15) is 0 Å². The fourth-order valence-electron chi connectivity index (χ4n) is 0.353. The van der Waals surface area contributed by atoms with Gasteiger partial charge in [-0.3, -0.25) is 0 Å². The van der Waals surface area contributed by atoms with Crippen LogP contribution in [-0.2, 0) is 0 Å². The normalized spacial score (nSPS) is 22.3. The van der Waals surface area contributed by atoms with E-state index in [2.05, 4.69) is 6.58 Å². The predicted molar refractivity (Wildman–Crippen MR) is 30.3 cm³/mol. The molecule has 0 atom stereocenters. The van der Waals surface area contributed by atoms with E-state index in [4.69, 9.17) is 0 Å². The summed E-state index contributed by atoms with van der Waals surface area (Å²) in [6.45, 7) is 3.91. The third-order valence-corrected chi connectivity index (χ3v) is 7.55. The topological polar surface area (TPSA) is 0 Å². The van der Waals surface area contributed by atoms with E-state index in [0.29, 0.717) is 0 Å². The van der Waals surface area contributed by atoms with Crippen molar-refractivity contribution in [2.45, 2.75) is 10.6 Å². The molecule has 1 heterocycles. The van der Waals surface area contributed by atoms with Crippen LogP contribution in [-0.4, -0.2) is 29.9 Å². The minimum absolute atomic E-state index is 0.861. The second-order valence-electron chi connectivity index (χ2n) is 1.07. The predicted octanol–water partition coefficient (Wildman–Crippen LogP) is 0.716. The van der Waals surface area contributed by atoms with Crippen molar-refractivity contribution < 1.29 is 0 Å². The maximum absolute atomic E-state index is 3.91. The molecule has 0 N–H and O–H groups in total. The zero-order valence-corrected chi connectivity index (χ0v) is 6.86. The molecule has 0 spiro atoms. The van der Waals surface area contributed by atoms with Gasteiger partial charge >= 0.3 is 50.5 Å². The monoisotopic (exact) mass is 214 g/mol. The average molecular weight is 212 g/mol. The van der Waals surface area contributed by atoms with Crippen molar-refractivity contribution in [1.29, 1.82) is 0 Å². The first kappa shape index (κ1) is 4.93. The third kappa shape index (κ3) is 1.13. The maximum atomic E-state index is 3.91. The Hall–Kier alpha value is 0.779. The summed E-state index contributed by atoms with van der Waals surface area (Å²) in [5, 5.41) is 2.96. The Bertz CT molecular complexity index is 59.9. The SMILES string of the molecule is C=C1[Se]CC[Se]1. The van der Waals surface area contributed by atoms with Gasteiger partial charge in [0.15, 0.2) is 0 Å². The van der Waals surface area contributed by atoms with E-state index >= 15 is 0 Å². The van der Waals surface area contributed by atoms with Crippen molar-refractivity contribution in [1.82, 2.24) is 0 Å². The molecule has 0 unspecified atom stereocenters. The summed E-state index contributed by atoms with van der Waals surface area (Å²) in [7, 11) is 0. The zero-order valence-electron chi connectivity index (χ0n) is 3.44. The molecule has 2 heteroatoms. The summed E-state index contributed by atoms with van der Waals surface area (Å²) < 4.78 is 1.58. The van der Waals surface area contributed by atoms with Gasteiger partial charge in [-0.05, 0) is 0 Å². The van der Waals surface area contributed by atoms with Crippen molar-refractivity contribution in [3.8, 4) is 0 Å². The summed E-state index contributed by atoms with van der Waals surface area (Å²) in [6, 6.07) is 0. The van der Waals surface area contributed by atoms with Gasteiger partial charge in [0.05, 0.1) is 0 Å². The van der Waals surface area contributed by atoms with Crippen LogP contribution in [0.4, 0.5) is 0 Å². The molecule has 1 fully saturated rings. The van der Waals surface area contributed by atoms with Crippen molar-refractivity contribution in [3.63, 3.8) is 0 Å². The first-order valence-electron chi connectivity index (χ1n) is 1.84. The Balaban J connectivity index is 2.37. The first-order valence-corrected chi connectivity index (χ1v) is 5.97. The number of hydrogen-bond acceptors (Lipinski definition) is 0. The molecule has 1 saturated heterocycles. The van der Waals surface area contributed by atoms with Crippen LogP contribution in [0.1, 0.15) is 0 Å². The third-order valence-electron chi connectivity index (χ3n) is 0.609. The molecular weight excluding hydrogens is 206 g/mol. The van der Waals surface area contributed by atoms with Crippen molar-refractivity contribution in [2.75, 3.05) is 0 Å². The molecule has 1 aliphatic rings. The van der Waals surface area contributed by atoms with Crippen molar-refractivity contribution in [3.05, 3.63) is 9.95 Å². The molecule has 0 aromatic rings. The van der Waals surface area contributed by atoms with Gasteiger partial charge in [0.2, 0.25) is 0 Å². The molecule has 1 rings (SSSR count). The van der Waals surface area contributed by atoms with Gasteiger partial charge < -0.3 is 0 Å². The van der Waals surface area contributed by atoms with Crippen LogP contribution in [0.5, 0.6) is 0 Å². The molecule has 0 bridgehead atoms. The van der Waals surface area contributed by atoms with Crippen molar-refractivity contribution >= 4 is 29.9 Å². The second kappa shape index (κ2) is 2.18. The van der Waals surface area contributed by atoms with Gasteiger partial charge in [-0.2, -0.15) is 0 Å². The van der Waals surface area contributed by atoms with Gasteiger partial charge in [0, 0.05) is 0 Å². The number of hydrogen-bond donors (Lipinski definition) is 0. The molecule has 0 aliphatic carbocycles. The standard InChI is InChI=1S/C4H6Se2/c1-4-5-2-3-6-4/h1-3H2. The fourth-order valence-corrected chi connectivity index (χ4v) is 6.37. The van der Waals surface area contributed by atoms with Gasteiger partial charge in [-0.15, -0.1) is 0 Å². The first-order chi connectivity index (χ1) is 2.89. The Morgan fingerprint density at radius 3 is 2.00 bits per heavy atom. The quantitative estimate of drug-likeness (QED) is 0.519. The summed E-state index contributed by atoms with van der Waals surface area (Å²) >= 11 is 1.72. The Morgan fingerprint density at radius 1 is 1.33 bits per heavy atom.